The first-order valence-electron chi connectivity index (χ1n) is 5.22. The minimum atomic E-state index is -1.20. The van der Waals surface area contributed by atoms with Crippen LogP contribution in [-0.2, 0) is 20.7 Å². The highest BCUT2D eigenvalue weighted by Crippen LogP contribution is 2.04. The number of nitrogens with two attached hydrogens (primary N) is 1. The first-order valence-corrected chi connectivity index (χ1v) is 5.22. The molecule has 0 saturated carbocycles. The molecule has 0 heterocycles. The Morgan fingerprint density at radius 3 is 2.47 bits per heavy atom. The average Bonchev–Trinajstić information content (AvgIpc) is 2.28. The SMILES string of the molecule is C[C@@H](OC(=O)Cc1ccccc1)[C@H](N)C(=O)O. The van der Waals surface area contributed by atoms with Crippen molar-refractivity contribution in [1.82, 2.24) is 0 Å². The number of ether oxygens (including phenoxy) is 1. The molecule has 1 aromatic rings. The average molecular weight is 237 g/mol. The third-order valence-electron chi connectivity index (χ3n) is 2.30. The highest BCUT2D eigenvalue weighted by Gasteiger charge is 2.23. The summed E-state index contributed by atoms with van der Waals surface area (Å²) in [7, 11) is 0. The van der Waals surface area contributed by atoms with Crippen molar-refractivity contribution in [2.45, 2.75) is 25.5 Å². The molecule has 0 aliphatic rings. The number of rotatable bonds is 5. The topological polar surface area (TPSA) is 89.6 Å². The molecule has 0 amide bonds. The van der Waals surface area contributed by atoms with Crippen LogP contribution in [-0.4, -0.2) is 29.2 Å². The number of carboxylic acids is 1. The maximum atomic E-state index is 11.5. The van der Waals surface area contributed by atoms with E-state index in [2.05, 4.69) is 0 Å². The maximum absolute atomic E-state index is 11.5. The second kappa shape index (κ2) is 6.00. The Morgan fingerprint density at radius 1 is 1.35 bits per heavy atom. The normalized spacial score (nSPS) is 13.8. The summed E-state index contributed by atoms with van der Waals surface area (Å²) in [6.45, 7) is 1.46. The molecule has 2 atom stereocenters. The number of aliphatic carboxylic acids is 1. The molecule has 0 unspecified atom stereocenters. The molecule has 0 bridgehead atoms. The predicted octanol–water partition coefficient (Wildman–Crippen LogP) is 0.573. The van der Waals surface area contributed by atoms with E-state index in [1.165, 1.54) is 6.92 Å². The van der Waals surface area contributed by atoms with Crippen LogP contribution in [0.4, 0.5) is 0 Å². The zero-order valence-electron chi connectivity index (χ0n) is 9.50. The van der Waals surface area contributed by atoms with E-state index in [0.717, 1.165) is 5.56 Å². The van der Waals surface area contributed by atoms with Crippen molar-refractivity contribution in [3.05, 3.63) is 35.9 Å². The molecule has 1 aromatic carbocycles. The van der Waals surface area contributed by atoms with Crippen molar-refractivity contribution < 1.29 is 19.4 Å². The van der Waals surface area contributed by atoms with Crippen LogP contribution in [0.3, 0.4) is 0 Å². The van der Waals surface area contributed by atoms with Gasteiger partial charge in [-0.1, -0.05) is 30.3 Å². The zero-order valence-corrected chi connectivity index (χ0v) is 9.50. The van der Waals surface area contributed by atoms with E-state index in [4.69, 9.17) is 15.6 Å². The number of hydrogen-bond acceptors (Lipinski definition) is 4. The summed E-state index contributed by atoms with van der Waals surface area (Å²) < 4.78 is 4.93. The van der Waals surface area contributed by atoms with E-state index in [0.29, 0.717) is 0 Å². The minimum absolute atomic E-state index is 0.109. The largest absolute Gasteiger partial charge is 0.480 e. The number of benzene rings is 1. The van der Waals surface area contributed by atoms with Crippen LogP contribution in [0, 0.1) is 0 Å². The fourth-order valence-electron chi connectivity index (χ4n) is 1.29. The third-order valence-corrected chi connectivity index (χ3v) is 2.30. The lowest BCUT2D eigenvalue weighted by molar-refractivity contribution is -0.152. The summed E-state index contributed by atoms with van der Waals surface area (Å²) in [5.41, 5.74) is 6.14. The molecule has 17 heavy (non-hydrogen) atoms. The number of carbonyl (C=O) groups is 2. The van der Waals surface area contributed by atoms with Gasteiger partial charge in [-0.3, -0.25) is 9.59 Å². The maximum Gasteiger partial charge on any atom is 0.324 e. The van der Waals surface area contributed by atoms with Crippen molar-refractivity contribution in [2.24, 2.45) is 5.73 Å². The molecule has 5 heteroatoms. The smallest absolute Gasteiger partial charge is 0.324 e. The monoisotopic (exact) mass is 237 g/mol. The lowest BCUT2D eigenvalue weighted by Gasteiger charge is -2.16. The van der Waals surface area contributed by atoms with Gasteiger partial charge in [0.15, 0.2) is 0 Å². The van der Waals surface area contributed by atoms with E-state index in [1.807, 2.05) is 18.2 Å². The highest BCUT2D eigenvalue weighted by atomic mass is 16.5. The number of carbonyl (C=O) groups excluding carboxylic acids is 1. The molecule has 3 N–H and O–H groups in total. The van der Waals surface area contributed by atoms with E-state index in [9.17, 15) is 9.59 Å². The number of esters is 1. The first-order chi connectivity index (χ1) is 8.00. The summed E-state index contributed by atoms with van der Waals surface area (Å²) >= 11 is 0. The Kier molecular flexibility index (Phi) is 4.66. The van der Waals surface area contributed by atoms with Crippen LogP contribution in [0.2, 0.25) is 0 Å². The lowest BCUT2D eigenvalue weighted by atomic mass is 10.1. The molecule has 1 rings (SSSR count). The van der Waals surface area contributed by atoms with Crippen molar-refractivity contribution in [3.8, 4) is 0 Å². The van der Waals surface area contributed by atoms with Crippen molar-refractivity contribution in [1.29, 1.82) is 0 Å². The predicted molar refractivity (Wildman–Crippen MR) is 61.3 cm³/mol. The molecule has 5 nitrogen and oxygen atoms in total. The second-order valence-electron chi connectivity index (χ2n) is 3.72. The Labute approximate surface area is 99.2 Å². The van der Waals surface area contributed by atoms with Crippen LogP contribution >= 0.6 is 0 Å². The Balaban J connectivity index is 2.48. The highest BCUT2D eigenvalue weighted by molar-refractivity contribution is 5.76. The molecule has 0 saturated heterocycles. The van der Waals surface area contributed by atoms with Gasteiger partial charge in [-0.2, -0.15) is 0 Å². The van der Waals surface area contributed by atoms with Gasteiger partial charge in [0.1, 0.15) is 12.1 Å². The molecule has 0 radical (unpaired) electrons. The quantitative estimate of drug-likeness (QED) is 0.731. The Hall–Kier alpha value is -1.88. The van der Waals surface area contributed by atoms with Crippen LogP contribution in [0.25, 0.3) is 0 Å². The van der Waals surface area contributed by atoms with Gasteiger partial charge < -0.3 is 15.6 Å². The van der Waals surface area contributed by atoms with E-state index < -0.39 is 24.1 Å². The van der Waals surface area contributed by atoms with Gasteiger partial charge in [0.05, 0.1) is 6.42 Å². The third kappa shape index (κ3) is 4.24. The van der Waals surface area contributed by atoms with Gasteiger partial charge in [-0.05, 0) is 12.5 Å². The standard InChI is InChI=1S/C12H15NO4/c1-8(11(13)12(15)16)17-10(14)7-9-5-3-2-4-6-9/h2-6,8,11H,7,13H2,1H3,(H,15,16)/t8-,11+/m1/s1. The molecule has 0 aromatic heterocycles. The summed E-state index contributed by atoms with van der Waals surface area (Å²) in [5, 5.41) is 8.64. The molecule has 0 spiro atoms. The zero-order chi connectivity index (χ0) is 12.8. The molecule has 0 fully saturated rings. The van der Waals surface area contributed by atoms with Crippen LogP contribution in [0.5, 0.6) is 0 Å². The molecule has 92 valence electrons. The van der Waals surface area contributed by atoms with Gasteiger partial charge in [-0.25, -0.2) is 0 Å². The number of carboxylic acid groups (broad SMARTS) is 1. The first kappa shape index (κ1) is 13.2. The van der Waals surface area contributed by atoms with E-state index >= 15 is 0 Å². The second-order valence-corrected chi connectivity index (χ2v) is 3.72. The van der Waals surface area contributed by atoms with Gasteiger partial charge >= 0.3 is 11.9 Å². The molecular weight excluding hydrogens is 222 g/mol. The van der Waals surface area contributed by atoms with E-state index in [1.54, 1.807) is 12.1 Å². The number of hydrogen-bond donors (Lipinski definition) is 2. The Morgan fingerprint density at radius 2 is 1.94 bits per heavy atom. The van der Waals surface area contributed by atoms with Gasteiger partial charge in [-0.15, -0.1) is 0 Å². The summed E-state index contributed by atoms with van der Waals surface area (Å²) in [5.74, 6) is -1.68. The van der Waals surface area contributed by atoms with Gasteiger partial charge in [0.25, 0.3) is 0 Å². The summed E-state index contributed by atoms with van der Waals surface area (Å²) in [6.07, 6.45) is -0.735. The molecule has 0 aliphatic carbocycles. The van der Waals surface area contributed by atoms with Crippen LogP contribution in [0.1, 0.15) is 12.5 Å². The van der Waals surface area contributed by atoms with Crippen LogP contribution in [0.15, 0.2) is 30.3 Å². The van der Waals surface area contributed by atoms with Crippen LogP contribution < -0.4 is 5.73 Å². The summed E-state index contributed by atoms with van der Waals surface area (Å²) in [6, 6.07) is 7.86. The van der Waals surface area contributed by atoms with Crippen molar-refractivity contribution in [2.75, 3.05) is 0 Å². The van der Waals surface area contributed by atoms with Crippen molar-refractivity contribution in [3.63, 3.8) is 0 Å². The van der Waals surface area contributed by atoms with Gasteiger partial charge in [0.2, 0.25) is 0 Å². The summed E-state index contributed by atoms with van der Waals surface area (Å²) in [4.78, 5) is 22.0. The lowest BCUT2D eigenvalue weighted by Crippen LogP contribution is -2.42. The van der Waals surface area contributed by atoms with E-state index in [-0.39, 0.29) is 6.42 Å². The van der Waals surface area contributed by atoms with Gasteiger partial charge in [0, 0.05) is 0 Å². The fourth-order valence-corrected chi connectivity index (χ4v) is 1.29. The molecular formula is C12H15NO4. The fraction of sp³-hybridized carbons (Fsp3) is 0.333. The van der Waals surface area contributed by atoms with Crippen molar-refractivity contribution >= 4 is 11.9 Å². The molecule has 0 aliphatic heterocycles. The Bertz CT molecular complexity index is 391. The minimum Gasteiger partial charge on any atom is -0.480 e.